The highest BCUT2D eigenvalue weighted by molar-refractivity contribution is 7.90. The van der Waals surface area contributed by atoms with E-state index in [0.29, 0.717) is 10.7 Å². The third-order valence-electron chi connectivity index (χ3n) is 3.73. The zero-order valence-corrected chi connectivity index (χ0v) is 19.4. The third-order valence-corrected chi connectivity index (χ3v) is 5.33. The molecule has 0 aliphatic rings. The lowest BCUT2D eigenvalue weighted by molar-refractivity contribution is -0.00857. The van der Waals surface area contributed by atoms with Gasteiger partial charge in [-0.1, -0.05) is 11.6 Å². The molecule has 1 aromatic heterocycles. The van der Waals surface area contributed by atoms with Crippen LogP contribution in [0.3, 0.4) is 0 Å². The summed E-state index contributed by atoms with van der Waals surface area (Å²) in [4.78, 5) is 23.9. The van der Waals surface area contributed by atoms with Crippen molar-refractivity contribution in [2.24, 2.45) is 0 Å². The van der Waals surface area contributed by atoms with Crippen LogP contribution in [0.25, 0.3) is 0 Å². The molecule has 2 aromatic rings. The summed E-state index contributed by atoms with van der Waals surface area (Å²) in [6.07, 6.45) is -0.886. The summed E-state index contributed by atoms with van der Waals surface area (Å²) in [6.45, 7) is 6.40. The van der Waals surface area contributed by atoms with Crippen molar-refractivity contribution in [2.75, 3.05) is 11.9 Å². The first-order chi connectivity index (χ1) is 14.8. The molecule has 1 aromatic carbocycles. The Morgan fingerprint density at radius 1 is 1.25 bits per heavy atom. The summed E-state index contributed by atoms with van der Waals surface area (Å²) in [5, 5.41) is 16.2. The summed E-state index contributed by atoms with van der Waals surface area (Å²) < 4.78 is 37.8. The minimum atomic E-state index is -4.19. The number of aryl methyl sites for hydroxylation is 1. The molecule has 0 bridgehead atoms. The van der Waals surface area contributed by atoms with E-state index in [1.165, 1.54) is 35.9 Å². The number of aromatic nitrogens is 2. The molecule has 0 aliphatic carbocycles. The van der Waals surface area contributed by atoms with Crippen LogP contribution < -0.4 is 10.0 Å². The molecule has 2 N–H and O–H groups in total. The molecule has 0 saturated carbocycles. The van der Waals surface area contributed by atoms with Crippen LogP contribution in [-0.2, 0) is 26.0 Å². The maximum absolute atomic E-state index is 12.4. The Morgan fingerprint density at radius 3 is 2.44 bits per heavy atom. The molecule has 13 heteroatoms. The van der Waals surface area contributed by atoms with Gasteiger partial charge in [-0.3, -0.25) is 5.32 Å². The fourth-order valence-corrected chi connectivity index (χ4v) is 3.46. The van der Waals surface area contributed by atoms with Crippen LogP contribution in [-0.4, -0.2) is 42.6 Å². The Bertz CT molecular complexity index is 1150. The SMILES string of the molecule is Cc1nn(CCOC(=O)OC(C)(C)C)c(NC(=O)NS(=O)(=O)c2ccc(Cl)cc2)c1C#N. The zero-order chi connectivity index (χ0) is 24.1. The smallest absolute Gasteiger partial charge is 0.432 e. The van der Waals surface area contributed by atoms with Gasteiger partial charge in [0, 0.05) is 5.02 Å². The summed E-state index contributed by atoms with van der Waals surface area (Å²) in [5.41, 5.74) is -0.407. The highest BCUT2D eigenvalue weighted by atomic mass is 35.5. The predicted octanol–water partition coefficient (Wildman–Crippen LogP) is 3.18. The van der Waals surface area contributed by atoms with Crippen LogP contribution in [0.1, 0.15) is 32.0 Å². The van der Waals surface area contributed by atoms with Gasteiger partial charge in [0.05, 0.1) is 17.1 Å². The highest BCUT2D eigenvalue weighted by Gasteiger charge is 2.22. The van der Waals surface area contributed by atoms with Gasteiger partial charge in [0.2, 0.25) is 0 Å². The molecule has 11 nitrogen and oxygen atoms in total. The van der Waals surface area contributed by atoms with Crippen molar-refractivity contribution in [3.05, 3.63) is 40.5 Å². The molecule has 0 fully saturated rings. The number of ether oxygens (including phenoxy) is 2. The average Bonchev–Trinajstić information content (AvgIpc) is 2.94. The average molecular weight is 484 g/mol. The number of hydrogen-bond acceptors (Lipinski definition) is 8. The topological polar surface area (TPSA) is 152 Å². The predicted molar refractivity (Wildman–Crippen MR) is 115 cm³/mol. The maximum atomic E-state index is 12.4. The molecule has 0 unspecified atom stereocenters. The van der Waals surface area contributed by atoms with E-state index in [1.807, 2.05) is 10.8 Å². The van der Waals surface area contributed by atoms with Gasteiger partial charge >= 0.3 is 12.2 Å². The van der Waals surface area contributed by atoms with E-state index in [4.69, 9.17) is 21.1 Å². The number of amides is 2. The van der Waals surface area contributed by atoms with E-state index in [2.05, 4.69) is 10.4 Å². The second kappa shape index (κ2) is 9.88. The number of sulfonamides is 1. The molecular weight excluding hydrogens is 462 g/mol. The van der Waals surface area contributed by atoms with Crippen molar-refractivity contribution < 1.29 is 27.5 Å². The molecule has 2 amide bonds. The number of nitriles is 1. The number of nitrogens with zero attached hydrogens (tertiary/aromatic N) is 3. The van der Waals surface area contributed by atoms with E-state index in [1.54, 1.807) is 20.8 Å². The first-order valence-corrected chi connectivity index (χ1v) is 11.1. The van der Waals surface area contributed by atoms with Gasteiger partial charge in [-0.05, 0) is 52.0 Å². The summed E-state index contributed by atoms with van der Waals surface area (Å²) in [7, 11) is -4.19. The van der Waals surface area contributed by atoms with Crippen molar-refractivity contribution >= 4 is 39.6 Å². The zero-order valence-electron chi connectivity index (χ0n) is 17.8. The van der Waals surface area contributed by atoms with Gasteiger partial charge < -0.3 is 9.47 Å². The molecule has 0 spiro atoms. The van der Waals surface area contributed by atoms with Gasteiger partial charge in [0.25, 0.3) is 10.0 Å². The van der Waals surface area contributed by atoms with Crippen molar-refractivity contribution in [1.29, 1.82) is 5.26 Å². The van der Waals surface area contributed by atoms with Gasteiger partial charge in [-0.15, -0.1) is 0 Å². The lowest BCUT2D eigenvalue weighted by atomic mass is 10.2. The summed E-state index contributed by atoms with van der Waals surface area (Å²) >= 11 is 5.75. The number of rotatable bonds is 6. The monoisotopic (exact) mass is 483 g/mol. The molecule has 0 saturated heterocycles. The Labute approximate surface area is 190 Å². The first-order valence-electron chi connectivity index (χ1n) is 9.25. The van der Waals surface area contributed by atoms with E-state index < -0.39 is 27.8 Å². The number of benzene rings is 1. The van der Waals surface area contributed by atoms with E-state index in [0.717, 1.165) is 0 Å². The number of hydrogen-bond donors (Lipinski definition) is 2. The van der Waals surface area contributed by atoms with Gasteiger partial charge in [-0.25, -0.2) is 27.4 Å². The first kappa shape index (κ1) is 25.0. The standard InChI is InChI=1S/C19H22ClN5O6S/c1-12-15(11-21)16(25(23-12)9-10-30-18(27)31-19(2,3)4)22-17(26)24-32(28,29)14-7-5-13(20)6-8-14/h5-8H,9-10H2,1-4H3,(H2,22,24,26). The van der Waals surface area contributed by atoms with Crippen LogP contribution in [0, 0.1) is 18.3 Å². The molecule has 172 valence electrons. The minimum absolute atomic E-state index is 0.0265. The van der Waals surface area contributed by atoms with Gasteiger partial charge in [0.1, 0.15) is 23.8 Å². The minimum Gasteiger partial charge on any atom is -0.432 e. The normalized spacial score (nSPS) is 11.4. The highest BCUT2D eigenvalue weighted by Crippen LogP contribution is 2.19. The van der Waals surface area contributed by atoms with E-state index >= 15 is 0 Å². The number of nitrogens with one attached hydrogen (secondary N) is 2. The Kier molecular flexibility index (Phi) is 7.71. The molecule has 1 heterocycles. The van der Waals surface area contributed by atoms with Crippen LogP contribution in [0.2, 0.25) is 5.02 Å². The Morgan fingerprint density at radius 2 is 1.88 bits per heavy atom. The lowest BCUT2D eigenvalue weighted by Crippen LogP contribution is -2.35. The molecule has 0 aliphatic heterocycles. The number of anilines is 1. The van der Waals surface area contributed by atoms with Gasteiger partial charge in [0.15, 0.2) is 5.82 Å². The quantitative estimate of drug-likeness (QED) is 0.594. The van der Waals surface area contributed by atoms with Gasteiger partial charge in [-0.2, -0.15) is 10.4 Å². The van der Waals surface area contributed by atoms with Crippen LogP contribution in [0.4, 0.5) is 15.4 Å². The fourth-order valence-electron chi connectivity index (χ4n) is 2.43. The lowest BCUT2D eigenvalue weighted by Gasteiger charge is -2.18. The van der Waals surface area contributed by atoms with Crippen LogP contribution in [0.5, 0.6) is 0 Å². The molecule has 2 rings (SSSR count). The Balaban J connectivity index is 2.11. The second-order valence-electron chi connectivity index (χ2n) is 7.47. The number of halogens is 1. The van der Waals surface area contributed by atoms with Crippen molar-refractivity contribution in [3.63, 3.8) is 0 Å². The fraction of sp³-hybridized carbons (Fsp3) is 0.368. The number of carbonyl (C=O) groups excluding carboxylic acids is 2. The maximum Gasteiger partial charge on any atom is 0.508 e. The Hall–Kier alpha value is -3.30. The molecule has 0 radical (unpaired) electrons. The number of carbonyl (C=O) groups is 2. The van der Waals surface area contributed by atoms with Crippen LogP contribution >= 0.6 is 11.6 Å². The summed E-state index contributed by atoms with van der Waals surface area (Å²) in [6, 6.07) is 6.00. The third kappa shape index (κ3) is 6.86. The summed E-state index contributed by atoms with van der Waals surface area (Å²) in [5.74, 6) is -0.0541. The van der Waals surface area contributed by atoms with Crippen molar-refractivity contribution in [1.82, 2.24) is 14.5 Å². The molecule has 32 heavy (non-hydrogen) atoms. The van der Waals surface area contributed by atoms with E-state index in [-0.39, 0.29) is 29.4 Å². The number of urea groups is 1. The molecule has 0 atom stereocenters. The van der Waals surface area contributed by atoms with Crippen LogP contribution in [0.15, 0.2) is 29.2 Å². The molecular formula is C19H22ClN5O6S. The van der Waals surface area contributed by atoms with Crippen molar-refractivity contribution in [2.45, 2.75) is 44.7 Å². The van der Waals surface area contributed by atoms with E-state index in [9.17, 15) is 23.3 Å². The largest absolute Gasteiger partial charge is 0.508 e. The second-order valence-corrected chi connectivity index (χ2v) is 9.59. The van der Waals surface area contributed by atoms with Crippen molar-refractivity contribution in [3.8, 4) is 6.07 Å².